The maximum absolute atomic E-state index is 2.85. The van der Waals surface area contributed by atoms with E-state index in [1.807, 2.05) is 0 Å². The molecule has 0 saturated carbocycles. The van der Waals surface area contributed by atoms with Gasteiger partial charge in [-0.3, -0.25) is 0 Å². The number of aromatic nitrogens is 3. The van der Waals surface area contributed by atoms with E-state index in [9.17, 15) is 0 Å². The number of hydrogen-bond donors (Lipinski definition) is 0. The summed E-state index contributed by atoms with van der Waals surface area (Å²) in [5.41, 5.74) is 12.7. The summed E-state index contributed by atoms with van der Waals surface area (Å²) in [6.45, 7) is 2.52. The van der Waals surface area contributed by atoms with Gasteiger partial charge in [-0.1, -0.05) is 176 Å². The minimum atomic E-state index is -2.85. The first-order valence-corrected chi connectivity index (χ1v) is 25.2. The van der Waals surface area contributed by atoms with Crippen LogP contribution in [0, 0.1) is 0 Å². The zero-order valence-corrected chi connectivity index (χ0v) is 37.3. The van der Waals surface area contributed by atoms with Gasteiger partial charge in [-0.05, 0) is 95.5 Å². The van der Waals surface area contributed by atoms with Crippen molar-refractivity contribution in [2.24, 2.45) is 0 Å². The fraction of sp³-hybridized carbons (Fsp3) is 0.0820. The monoisotopic (exact) mass is 849 g/mol. The molecule has 0 saturated heterocycles. The zero-order valence-electron chi connectivity index (χ0n) is 36.3. The van der Waals surface area contributed by atoms with Crippen LogP contribution in [-0.4, -0.2) is 21.8 Å². The summed E-state index contributed by atoms with van der Waals surface area (Å²) in [4.78, 5) is 0. The quantitative estimate of drug-likeness (QED) is 0.142. The molecule has 0 aliphatic heterocycles. The van der Waals surface area contributed by atoms with E-state index < -0.39 is 8.07 Å². The van der Waals surface area contributed by atoms with E-state index in [1.165, 1.54) is 93.2 Å². The molecule has 4 heteroatoms. The molecule has 2 aliphatic carbocycles. The molecule has 11 aromatic rings. The van der Waals surface area contributed by atoms with Crippen molar-refractivity contribution in [2.45, 2.75) is 31.2 Å². The number of benzene rings is 8. The number of para-hydroxylation sites is 5. The molecule has 0 spiro atoms. The average Bonchev–Trinajstić information content (AvgIpc) is 4.01. The maximum Gasteiger partial charge on any atom is 0.151 e. The van der Waals surface area contributed by atoms with Crippen LogP contribution in [0.3, 0.4) is 0 Å². The topological polar surface area (TPSA) is 14.8 Å². The summed E-state index contributed by atoms with van der Waals surface area (Å²) in [5.74, 6) is 0.216. The normalized spacial score (nSPS) is 17.0. The summed E-state index contributed by atoms with van der Waals surface area (Å²) in [6, 6.07) is 75.0. The number of fused-ring (bicyclic) bond motifs is 9. The van der Waals surface area contributed by atoms with E-state index in [4.69, 9.17) is 0 Å². The minimum Gasteiger partial charge on any atom is -0.313 e. The fourth-order valence-electron chi connectivity index (χ4n) is 12.0. The summed E-state index contributed by atoms with van der Waals surface area (Å²) >= 11 is 0. The van der Waals surface area contributed by atoms with E-state index in [0.717, 1.165) is 12.8 Å². The highest BCUT2D eigenvalue weighted by Crippen LogP contribution is 2.50. The van der Waals surface area contributed by atoms with Crippen molar-refractivity contribution < 1.29 is 0 Å². The second-order valence-electron chi connectivity index (χ2n) is 18.0. The van der Waals surface area contributed by atoms with Gasteiger partial charge in [0.05, 0.1) is 27.6 Å². The van der Waals surface area contributed by atoms with E-state index in [0.29, 0.717) is 0 Å². The summed E-state index contributed by atoms with van der Waals surface area (Å²) in [5, 5.41) is 10.9. The number of rotatable bonds is 7. The second kappa shape index (κ2) is 15.0. The van der Waals surface area contributed by atoms with E-state index in [2.05, 4.69) is 251 Å². The molecule has 0 fully saturated rings. The Balaban J connectivity index is 1.08. The smallest absolute Gasteiger partial charge is 0.151 e. The van der Waals surface area contributed by atoms with Crippen molar-refractivity contribution in [1.82, 2.24) is 13.7 Å². The highest BCUT2D eigenvalue weighted by atomic mass is 28.3. The van der Waals surface area contributed by atoms with Gasteiger partial charge in [0.15, 0.2) is 8.07 Å². The first kappa shape index (κ1) is 37.9. The van der Waals surface area contributed by atoms with Crippen LogP contribution in [0.2, 0.25) is 5.54 Å². The van der Waals surface area contributed by atoms with Crippen molar-refractivity contribution in [3.63, 3.8) is 0 Å². The first-order chi connectivity index (χ1) is 32.2. The third kappa shape index (κ3) is 5.60. The average molecular weight is 850 g/mol. The van der Waals surface area contributed by atoms with Crippen LogP contribution < -0.4 is 10.4 Å². The van der Waals surface area contributed by atoms with E-state index >= 15 is 0 Å². The van der Waals surface area contributed by atoms with Crippen molar-refractivity contribution in [3.8, 4) is 17.1 Å². The van der Waals surface area contributed by atoms with Gasteiger partial charge in [-0.25, -0.2) is 0 Å². The molecular weight excluding hydrogens is 803 g/mol. The van der Waals surface area contributed by atoms with Crippen LogP contribution in [0.1, 0.15) is 36.9 Å². The molecular formula is C61H47N3Si. The molecule has 3 unspecified atom stereocenters. The molecule has 3 aromatic heterocycles. The predicted octanol–water partition coefficient (Wildman–Crippen LogP) is 14.4. The molecule has 13 rings (SSSR count). The molecule has 3 atom stereocenters. The number of nitrogens with zero attached hydrogens (tertiary/aromatic N) is 3. The van der Waals surface area contributed by atoms with Crippen LogP contribution >= 0.6 is 0 Å². The van der Waals surface area contributed by atoms with Crippen LogP contribution in [0.4, 0.5) is 0 Å². The van der Waals surface area contributed by atoms with Crippen molar-refractivity contribution in [1.29, 1.82) is 0 Å². The summed E-state index contributed by atoms with van der Waals surface area (Å²) < 4.78 is 7.55. The molecule has 3 nitrogen and oxygen atoms in total. The Hall–Kier alpha value is -7.66. The van der Waals surface area contributed by atoms with E-state index in [1.54, 1.807) is 5.20 Å². The minimum absolute atomic E-state index is 0.216. The molecule has 2 aliphatic rings. The lowest BCUT2D eigenvalue weighted by atomic mass is 9.92. The summed E-state index contributed by atoms with van der Waals surface area (Å²) in [6.07, 6.45) is 14.4. The lowest BCUT2D eigenvalue weighted by Crippen LogP contribution is -2.64. The molecule has 3 heterocycles. The SMILES string of the molecule is CC1c2c(c3ccccc3n2-c2ccccc2)C=CC1[Si](C1=CC=CCC1)(c1ccccc1)c1cccc(-n2c3ccccc3c3cc4c(cc32)c2ccccc2n4-c2ccccc2)c1. The Bertz CT molecular complexity index is 3730. The fourth-order valence-corrected chi connectivity index (χ4v) is 18.0. The van der Waals surface area contributed by atoms with Gasteiger partial charge in [0, 0.05) is 61.2 Å². The van der Waals surface area contributed by atoms with Crippen LogP contribution in [0.5, 0.6) is 0 Å². The standard InChI is InChI=1S/C61H47N3Si/c1-42-60(38-37-52-49-31-14-19-36-57(49)64(61(42)52)44-23-8-3-9-24-44)65(46-26-10-4-11-27-46,47-28-12-5-13-29-47)48-30-20-25-45(39-48)63-56-35-18-16-33-51(56)54-40-58-53(41-59(54)63)50-32-15-17-34-55(50)62(58)43-21-6-2-7-22-43/h2-12,14-28,30-42,60H,13,29H2,1H3. The number of allylic oxidation sites excluding steroid dienone is 5. The van der Waals surface area contributed by atoms with Gasteiger partial charge in [0.2, 0.25) is 0 Å². The Morgan fingerprint density at radius 3 is 1.57 bits per heavy atom. The molecule has 310 valence electrons. The Morgan fingerprint density at radius 1 is 0.446 bits per heavy atom. The lowest BCUT2D eigenvalue weighted by Gasteiger charge is -2.45. The highest BCUT2D eigenvalue weighted by Gasteiger charge is 2.51. The third-order valence-corrected chi connectivity index (χ3v) is 20.3. The highest BCUT2D eigenvalue weighted by molar-refractivity contribution is 7.08. The largest absolute Gasteiger partial charge is 0.313 e. The first-order valence-electron chi connectivity index (χ1n) is 23.1. The van der Waals surface area contributed by atoms with Crippen LogP contribution in [0.15, 0.2) is 230 Å². The second-order valence-corrected chi connectivity index (χ2v) is 22.1. The Kier molecular flexibility index (Phi) is 8.72. The van der Waals surface area contributed by atoms with Gasteiger partial charge in [-0.15, -0.1) is 0 Å². The molecule has 0 radical (unpaired) electrons. The molecule has 0 amide bonds. The van der Waals surface area contributed by atoms with Gasteiger partial charge in [0.25, 0.3) is 0 Å². The maximum atomic E-state index is 2.62. The zero-order chi connectivity index (χ0) is 43.1. The lowest BCUT2D eigenvalue weighted by molar-refractivity contribution is 0.707. The number of hydrogen-bond acceptors (Lipinski definition) is 0. The molecule has 65 heavy (non-hydrogen) atoms. The van der Waals surface area contributed by atoms with Gasteiger partial charge in [-0.2, -0.15) is 0 Å². The molecule has 8 aromatic carbocycles. The van der Waals surface area contributed by atoms with Gasteiger partial charge >= 0.3 is 0 Å². The van der Waals surface area contributed by atoms with Gasteiger partial charge < -0.3 is 13.7 Å². The van der Waals surface area contributed by atoms with Crippen molar-refractivity contribution in [3.05, 3.63) is 241 Å². The van der Waals surface area contributed by atoms with Crippen molar-refractivity contribution in [2.75, 3.05) is 0 Å². The Morgan fingerprint density at radius 2 is 0.954 bits per heavy atom. The third-order valence-electron chi connectivity index (χ3n) is 14.7. The molecule has 0 bridgehead atoms. The van der Waals surface area contributed by atoms with Crippen LogP contribution in [-0.2, 0) is 0 Å². The van der Waals surface area contributed by atoms with Gasteiger partial charge in [0.1, 0.15) is 0 Å². The summed E-state index contributed by atoms with van der Waals surface area (Å²) in [7, 11) is -2.85. The molecule has 0 N–H and O–H groups in total. The van der Waals surface area contributed by atoms with Crippen LogP contribution in [0.25, 0.3) is 77.7 Å². The predicted molar refractivity (Wildman–Crippen MR) is 278 cm³/mol. The van der Waals surface area contributed by atoms with E-state index in [-0.39, 0.29) is 11.5 Å². The Labute approximate surface area is 380 Å². The van der Waals surface area contributed by atoms with Crippen molar-refractivity contribution >= 4 is 79.0 Å².